The number of hydrogen-bond acceptors (Lipinski definition) is 3. The number of carbonyl (C=O) groups excluding carboxylic acids is 1. The lowest BCUT2D eigenvalue weighted by atomic mass is 9.91. The van der Waals surface area contributed by atoms with Gasteiger partial charge < -0.3 is 10.1 Å². The van der Waals surface area contributed by atoms with Crippen molar-refractivity contribution in [3.05, 3.63) is 28.8 Å². The van der Waals surface area contributed by atoms with Crippen molar-refractivity contribution in [2.24, 2.45) is 5.92 Å². The molecule has 18 heavy (non-hydrogen) atoms. The summed E-state index contributed by atoms with van der Waals surface area (Å²) in [6.45, 7) is 8.04. The van der Waals surface area contributed by atoms with Gasteiger partial charge in [0, 0.05) is 5.56 Å². The molecule has 0 bridgehead atoms. The van der Waals surface area contributed by atoms with E-state index >= 15 is 0 Å². The first-order valence-electron chi connectivity index (χ1n) is 6.29. The Morgan fingerprint density at radius 2 is 1.83 bits per heavy atom. The molecule has 3 heteroatoms. The highest BCUT2D eigenvalue weighted by atomic mass is 16.5. The average Bonchev–Trinajstić information content (AvgIpc) is 2.32. The maximum Gasteiger partial charge on any atom is 0.180 e. The number of rotatable bonds is 5. The van der Waals surface area contributed by atoms with Gasteiger partial charge in [0.2, 0.25) is 0 Å². The Hall–Kier alpha value is -1.35. The van der Waals surface area contributed by atoms with Gasteiger partial charge in [0.1, 0.15) is 5.75 Å². The molecule has 0 heterocycles. The summed E-state index contributed by atoms with van der Waals surface area (Å²) in [5.41, 5.74) is 2.81. The molecule has 1 rings (SSSR count). The zero-order chi connectivity index (χ0) is 13.9. The molecule has 1 aromatic carbocycles. The van der Waals surface area contributed by atoms with Crippen LogP contribution in [-0.2, 0) is 0 Å². The molecule has 0 aliphatic heterocycles. The first kappa shape index (κ1) is 14.7. The van der Waals surface area contributed by atoms with Gasteiger partial charge in [-0.25, -0.2) is 0 Å². The summed E-state index contributed by atoms with van der Waals surface area (Å²) < 4.78 is 5.27. The number of ketones is 1. The minimum Gasteiger partial charge on any atom is -0.496 e. The fraction of sp³-hybridized carbons (Fsp3) is 0.533. The molecule has 1 aromatic rings. The molecule has 0 spiro atoms. The lowest BCUT2D eigenvalue weighted by molar-refractivity contribution is 0.0921. The van der Waals surface area contributed by atoms with E-state index < -0.39 is 0 Å². The normalized spacial score (nSPS) is 12.6. The van der Waals surface area contributed by atoms with Gasteiger partial charge in [-0.05, 0) is 50.1 Å². The lowest BCUT2D eigenvalue weighted by Gasteiger charge is -2.21. The quantitative estimate of drug-likeness (QED) is 0.815. The third-order valence-corrected chi connectivity index (χ3v) is 3.48. The van der Waals surface area contributed by atoms with Crippen molar-refractivity contribution in [1.29, 1.82) is 0 Å². The van der Waals surface area contributed by atoms with Crippen molar-refractivity contribution in [3.63, 3.8) is 0 Å². The van der Waals surface area contributed by atoms with E-state index in [1.807, 2.05) is 46.9 Å². The summed E-state index contributed by atoms with van der Waals surface area (Å²) in [7, 11) is 3.47. The zero-order valence-electron chi connectivity index (χ0n) is 12.1. The zero-order valence-corrected chi connectivity index (χ0v) is 12.1. The van der Waals surface area contributed by atoms with Crippen molar-refractivity contribution < 1.29 is 9.53 Å². The van der Waals surface area contributed by atoms with Gasteiger partial charge in [0.25, 0.3) is 0 Å². The molecule has 0 saturated heterocycles. The molecule has 1 N–H and O–H groups in total. The van der Waals surface area contributed by atoms with Gasteiger partial charge in [-0.15, -0.1) is 0 Å². The number of methoxy groups -OCH3 is 1. The SMILES string of the molecule is CNC(C(=O)c1ccc(OC)c(C)c1C)C(C)C. The van der Waals surface area contributed by atoms with Gasteiger partial charge in [0.05, 0.1) is 13.2 Å². The van der Waals surface area contributed by atoms with E-state index in [2.05, 4.69) is 5.32 Å². The Morgan fingerprint density at radius 3 is 2.28 bits per heavy atom. The van der Waals surface area contributed by atoms with Crippen LogP contribution >= 0.6 is 0 Å². The Morgan fingerprint density at radius 1 is 1.22 bits per heavy atom. The Labute approximate surface area is 110 Å². The van der Waals surface area contributed by atoms with Crippen molar-refractivity contribution in [2.45, 2.75) is 33.7 Å². The monoisotopic (exact) mass is 249 g/mol. The smallest absolute Gasteiger partial charge is 0.180 e. The van der Waals surface area contributed by atoms with Gasteiger partial charge in [-0.2, -0.15) is 0 Å². The number of Topliss-reactive ketones (excluding diaryl/α,β-unsaturated/α-hetero) is 1. The number of ether oxygens (including phenoxy) is 1. The van der Waals surface area contributed by atoms with E-state index in [1.165, 1.54) is 0 Å². The summed E-state index contributed by atoms with van der Waals surface area (Å²) in [6, 6.07) is 3.58. The highest BCUT2D eigenvalue weighted by Crippen LogP contribution is 2.25. The second-order valence-corrected chi connectivity index (χ2v) is 4.94. The van der Waals surface area contributed by atoms with Gasteiger partial charge >= 0.3 is 0 Å². The molecule has 0 fully saturated rings. The van der Waals surface area contributed by atoms with Crippen molar-refractivity contribution in [2.75, 3.05) is 14.2 Å². The van der Waals surface area contributed by atoms with Crippen molar-refractivity contribution in [1.82, 2.24) is 5.32 Å². The van der Waals surface area contributed by atoms with E-state index in [1.54, 1.807) is 7.11 Å². The van der Waals surface area contributed by atoms with Crippen LogP contribution in [0.1, 0.15) is 35.3 Å². The minimum atomic E-state index is -0.142. The maximum atomic E-state index is 12.5. The molecule has 0 radical (unpaired) electrons. The predicted octanol–water partition coefficient (Wildman–Crippen LogP) is 2.74. The molecule has 1 unspecified atom stereocenters. The summed E-state index contributed by atoms with van der Waals surface area (Å²) in [6.07, 6.45) is 0. The number of hydrogen-bond donors (Lipinski definition) is 1. The highest BCUT2D eigenvalue weighted by molar-refractivity contribution is 6.01. The van der Waals surface area contributed by atoms with Crippen molar-refractivity contribution >= 4 is 5.78 Å². The number of benzene rings is 1. The van der Waals surface area contributed by atoms with E-state index in [0.29, 0.717) is 0 Å². The highest BCUT2D eigenvalue weighted by Gasteiger charge is 2.23. The minimum absolute atomic E-state index is 0.142. The third kappa shape index (κ3) is 2.72. The predicted molar refractivity (Wildman–Crippen MR) is 74.5 cm³/mol. The molecular weight excluding hydrogens is 226 g/mol. The summed E-state index contributed by atoms with van der Waals surface area (Å²) in [4.78, 5) is 12.5. The fourth-order valence-electron chi connectivity index (χ4n) is 2.22. The molecule has 0 aliphatic carbocycles. The summed E-state index contributed by atoms with van der Waals surface area (Å²) in [5, 5.41) is 3.09. The summed E-state index contributed by atoms with van der Waals surface area (Å²) >= 11 is 0. The molecule has 0 aromatic heterocycles. The molecule has 0 saturated carbocycles. The molecule has 1 atom stereocenters. The van der Waals surface area contributed by atoms with Crippen LogP contribution in [0.5, 0.6) is 5.75 Å². The number of carbonyl (C=O) groups is 1. The second-order valence-electron chi connectivity index (χ2n) is 4.94. The van der Waals surface area contributed by atoms with Gasteiger partial charge in [-0.3, -0.25) is 4.79 Å². The van der Waals surface area contributed by atoms with E-state index in [0.717, 1.165) is 22.4 Å². The fourth-order valence-corrected chi connectivity index (χ4v) is 2.22. The summed E-state index contributed by atoms with van der Waals surface area (Å²) in [5.74, 6) is 1.25. The van der Waals surface area contributed by atoms with Crippen LogP contribution < -0.4 is 10.1 Å². The van der Waals surface area contributed by atoms with Crippen LogP contribution in [0.3, 0.4) is 0 Å². The van der Waals surface area contributed by atoms with Crippen LogP contribution in [0.15, 0.2) is 12.1 Å². The van der Waals surface area contributed by atoms with Crippen LogP contribution in [0.2, 0.25) is 0 Å². The van der Waals surface area contributed by atoms with E-state index in [4.69, 9.17) is 4.74 Å². The van der Waals surface area contributed by atoms with Gasteiger partial charge in [0.15, 0.2) is 5.78 Å². The standard InChI is InChI=1S/C15H23NO2/c1-9(2)14(16-5)15(17)12-7-8-13(18-6)11(4)10(12)3/h7-9,14,16H,1-6H3. The molecule has 0 amide bonds. The first-order chi connectivity index (χ1) is 8.43. The van der Waals surface area contributed by atoms with Crippen LogP contribution in [0, 0.1) is 19.8 Å². The number of nitrogens with one attached hydrogen (secondary N) is 1. The average molecular weight is 249 g/mol. The number of likely N-dealkylation sites (N-methyl/N-ethyl adjacent to an activating group) is 1. The Kier molecular flexibility index (Phi) is 4.91. The maximum absolute atomic E-state index is 12.5. The Balaban J connectivity index is 3.18. The molecular formula is C15H23NO2. The van der Waals surface area contributed by atoms with E-state index in [-0.39, 0.29) is 17.7 Å². The van der Waals surface area contributed by atoms with Crippen LogP contribution in [0.25, 0.3) is 0 Å². The Bertz CT molecular complexity index is 438. The van der Waals surface area contributed by atoms with E-state index in [9.17, 15) is 4.79 Å². The van der Waals surface area contributed by atoms with Crippen molar-refractivity contribution in [3.8, 4) is 5.75 Å². The first-order valence-corrected chi connectivity index (χ1v) is 6.29. The van der Waals surface area contributed by atoms with Gasteiger partial charge in [-0.1, -0.05) is 13.8 Å². The van der Waals surface area contributed by atoms with Crippen LogP contribution in [-0.4, -0.2) is 26.0 Å². The largest absolute Gasteiger partial charge is 0.496 e. The molecule has 0 aliphatic rings. The second kappa shape index (κ2) is 6.01. The molecule has 3 nitrogen and oxygen atoms in total. The topological polar surface area (TPSA) is 38.3 Å². The third-order valence-electron chi connectivity index (χ3n) is 3.48. The lowest BCUT2D eigenvalue weighted by Crippen LogP contribution is -2.39. The van der Waals surface area contributed by atoms with Crippen LogP contribution in [0.4, 0.5) is 0 Å². The molecule has 100 valence electrons.